The minimum Gasteiger partial charge on any atom is -0.490 e. The quantitative estimate of drug-likeness (QED) is 0.683. The maximum absolute atomic E-state index is 14.1. The summed E-state index contributed by atoms with van der Waals surface area (Å²) < 4.78 is 51.9. The van der Waals surface area contributed by atoms with Crippen molar-refractivity contribution in [2.24, 2.45) is 0 Å². The van der Waals surface area contributed by atoms with Crippen LogP contribution in [0.5, 0.6) is 5.75 Å². The van der Waals surface area contributed by atoms with E-state index in [4.69, 9.17) is 9.47 Å². The second kappa shape index (κ2) is 9.89. The summed E-state index contributed by atoms with van der Waals surface area (Å²) in [5.74, 6) is -1.83. The number of benzene rings is 2. The van der Waals surface area contributed by atoms with Gasteiger partial charge in [0.1, 0.15) is 35.4 Å². The standard InChI is InChI=1S/C24H29F3N2O4/c25-18-11-19(26)13-20(12-18)33-17-24(31)15-28(9-10-32-16-24)14-23(30)5-7-29(8-6-23)22-4-2-1-3-21(22)27/h1-4,11-13,30-31H,5-10,14-17H2/t24-/m1/s1. The second-order valence-electron chi connectivity index (χ2n) is 9.04. The monoisotopic (exact) mass is 466 g/mol. The zero-order valence-electron chi connectivity index (χ0n) is 18.4. The van der Waals surface area contributed by atoms with Crippen LogP contribution in [0.4, 0.5) is 18.9 Å². The van der Waals surface area contributed by atoms with Gasteiger partial charge in [0.05, 0.1) is 24.5 Å². The minimum atomic E-state index is -1.41. The van der Waals surface area contributed by atoms with E-state index >= 15 is 0 Å². The summed E-state index contributed by atoms with van der Waals surface area (Å²) in [5, 5.41) is 22.2. The van der Waals surface area contributed by atoms with Crippen LogP contribution in [0.2, 0.25) is 0 Å². The summed E-state index contributed by atoms with van der Waals surface area (Å²) in [6.45, 7) is 2.18. The van der Waals surface area contributed by atoms with Gasteiger partial charge in [0.15, 0.2) is 0 Å². The van der Waals surface area contributed by atoms with Crippen molar-refractivity contribution in [3.63, 3.8) is 0 Å². The lowest BCUT2D eigenvalue weighted by Gasteiger charge is -2.42. The third kappa shape index (κ3) is 6.17. The number of rotatable bonds is 6. The second-order valence-corrected chi connectivity index (χ2v) is 9.04. The summed E-state index contributed by atoms with van der Waals surface area (Å²) in [6, 6.07) is 9.44. The molecular formula is C24H29F3N2O4. The maximum atomic E-state index is 14.1. The maximum Gasteiger partial charge on any atom is 0.146 e. The summed E-state index contributed by atoms with van der Waals surface area (Å²) >= 11 is 0. The molecule has 0 unspecified atom stereocenters. The number of hydrogen-bond donors (Lipinski definition) is 2. The molecule has 0 aliphatic carbocycles. The third-order valence-electron chi connectivity index (χ3n) is 6.19. The largest absolute Gasteiger partial charge is 0.490 e. The first-order valence-electron chi connectivity index (χ1n) is 11.1. The summed E-state index contributed by atoms with van der Waals surface area (Å²) in [5.41, 5.74) is -1.87. The van der Waals surface area contributed by atoms with Crippen molar-refractivity contribution in [1.82, 2.24) is 4.90 Å². The van der Waals surface area contributed by atoms with Crippen molar-refractivity contribution in [3.05, 3.63) is 59.9 Å². The van der Waals surface area contributed by atoms with E-state index in [0.29, 0.717) is 51.3 Å². The Bertz CT molecular complexity index is 935. The minimum absolute atomic E-state index is 0.000782. The van der Waals surface area contributed by atoms with E-state index < -0.39 is 22.8 Å². The number of ether oxygens (including phenoxy) is 2. The number of para-hydroxylation sites is 1. The Hall–Kier alpha value is -2.33. The smallest absolute Gasteiger partial charge is 0.146 e. The first-order valence-corrected chi connectivity index (χ1v) is 11.1. The van der Waals surface area contributed by atoms with Gasteiger partial charge < -0.3 is 24.6 Å². The fourth-order valence-corrected chi connectivity index (χ4v) is 4.49. The Morgan fingerprint density at radius 3 is 2.33 bits per heavy atom. The van der Waals surface area contributed by atoms with E-state index in [1.54, 1.807) is 18.2 Å². The Kier molecular flexibility index (Phi) is 7.13. The van der Waals surface area contributed by atoms with Crippen LogP contribution < -0.4 is 9.64 Å². The number of β-amino-alcohol motifs (C(OH)–C–C–N with tert-alkyl or cyclic N) is 2. The molecule has 2 fully saturated rings. The van der Waals surface area contributed by atoms with Crippen molar-refractivity contribution in [3.8, 4) is 5.75 Å². The molecule has 180 valence electrons. The first-order chi connectivity index (χ1) is 15.7. The van der Waals surface area contributed by atoms with Gasteiger partial charge in [-0.15, -0.1) is 0 Å². The van der Waals surface area contributed by atoms with Gasteiger partial charge in [-0.05, 0) is 25.0 Å². The van der Waals surface area contributed by atoms with E-state index in [-0.39, 0.29) is 31.3 Å². The van der Waals surface area contributed by atoms with Gasteiger partial charge in [-0.3, -0.25) is 4.90 Å². The molecule has 6 nitrogen and oxygen atoms in total. The van der Waals surface area contributed by atoms with Crippen LogP contribution in [0.15, 0.2) is 42.5 Å². The Morgan fingerprint density at radius 2 is 1.64 bits per heavy atom. The van der Waals surface area contributed by atoms with E-state index in [1.807, 2.05) is 9.80 Å². The lowest BCUT2D eigenvalue weighted by molar-refractivity contribution is -0.0743. The third-order valence-corrected chi connectivity index (χ3v) is 6.19. The number of halogens is 3. The number of nitrogens with zero attached hydrogens (tertiary/aromatic N) is 2. The molecule has 0 bridgehead atoms. The molecule has 1 atom stereocenters. The van der Waals surface area contributed by atoms with Crippen LogP contribution in [-0.4, -0.2) is 78.9 Å². The van der Waals surface area contributed by atoms with Gasteiger partial charge in [-0.2, -0.15) is 0 Å². The molecule has 2 N–H and O–H groups in total. The number of aliphatic hydroxyl groups is 2. The van der Waals surface area contributed by atoms with Gasteiger partial charge in [0, 0.05) is 50.9 Å². The highest BCUT2D eigenvalue weighted by molar-refractivity contribution is 5.48. The molecule has 2 aromatic carbocycles. The Morgan fingerprint density at radius 1 is 0.939 bits per heavy atom. The molecule has 0 spiro atoms. The molecule has 0 saturated carbocycles. The van der Waals surface area contributed by atoms with Crippen LogP contribution in [0, 0.1) is 17.5 Å². The molecule has 2 aliphatic heterocycles. The predicted octanol–water partition coefficient (Wildman–Crippen LogP) is 2.58. The summed E-state index contributed by atoms with van der Waals surface area (Å²) in [4.78, 5) is 3.85. The summed E-state index contributed by atoms with van der Waals surface area (Å²) in [6.07, 6.45) is 0.909. The zero-order valence-corrected chi connectivity index (χ0v) is 18.4. The lowest BCUT2D eigenvalue weighted by atomic mass is 9.90. The molecule has 0 aromatic heterocycles. The van der Waals surface area contributed by atoms with Gasteiger partial charge >= 0.3 is 0 Å². The molecule has 2 aliphatic rings. The summed E-state index contributed by atoms with van der Waals surface area (Å²) in [7, 11) is 0. The molecule has 2 aromatic rings. The SMILES string of the molecule is OC1(CN2CCOC[C@@](O)(COc3cc(F)cc(F)c3)C2)CCN(c2ccccc2F)CC1. The first kappa shape index (κ1) is 23.8. The lowest BCUT2D eigenvalue weighted by Crippen LogP contribution is -2.55. The average Bonchev–Trinajstić information content (AvgIpc) is 2.94. The highest BCUT2D eigenvalue weighted by Crippen LogP contribution is 2.29. The fourth-order valence-electron chi connectivity index (χ4n) is 4.49. The molecule has 0 amide bonds. The number of piperidine rings is 1. The van der Waals surface area contributed by atoms with Gasteiger partial charge in [0.25, 0.3) is 0 Å². The van der Waals surface area contributed by atoms with Crippen LogP contribution in [0.3, 0.4) is 0 Å². The van der Waals surface area contributed by atoms with Crippen LogP contribution in [0.1, 0.15) is 12.8 Å². The number of anilines is 1. The highest BCUT2D eigenvalue weighted by atomic mass is 19.1. The Labute approximate surface area is 191 Å². The molecule has 9 heteroatoms. The molecule has 0 radical (unpaired) electrons. The molecule has 33 heavy (non-hydrogen) atoms. The Balaban J connectivity index is 1.35. The van der Waals surface area contributed by atoms with Crippen molar-refractivity contribution in [1.29, 1.82) is 0 Å². The molecule has 2 heterocycles. The number of hydrogen-bond acceptors (Lipinski definition) is 6. The van der Waals surface area contributed by atoms with Crippen LogP contribution in [-0.2, 0) is 4.74 Å². The molecular weight excluding hydrogens is 437 g/mol. The molecule has 4 rings (SSSR count). The van der Waals surface area contributed by atoms with E-state index in [1.165, 1.54) is 6.07 Å². The van der Waals surface area contributed by atoms with Crippen molar-refractivity contribution in [2.45, 2.75) is 24.0 Å². The van der Waals surface area contributed by atoms with E-state index in [2.05, 4.69) is 0 Å². The van der Waals surface area contributed by atoms with Crippen molar-refractivity contribution in [2.75, 3.05) is 57.4 Å². The van der Waals surface area contributed by atoms with Gasteiger partial charge in [0.2, 0.25) is 0 Å². The average molecular weight is 467 g/mol. The van der Waals surface area contributed by atoms with E-state index in [0.717, 1.165) is 18.2 Å². The van der Waals surface area contributed by atoms with Crippen molar-refractivity contribution >= 4 is 5.69 Å². The fraction of sp³-hybridized carbons (Fsp3) is 0.500. The van der Waals surface area contributed by atoms with Gasteiger partial charge in [-0.1, -0.05) is 12.1 Å². The molecule has 2 saturated heterocycles. The van der Waals surface area contributed by atoms with Crippen molar-refractivity contribution < 1.29 is 32.9 Å². The zero-order chi connectivity index (χ0) is 23.5. The predicted molar refractivity (Wildman–Crippen MR) is 117 cm³/mol. The van der Waals surface area contributed by atoms with Crippen LogP contribution >= 0.6 is 0 Å². The van der Waals surface area contributed by atoms with E-state index in [9.17, 15) is 23.4 Å². The van der Waals surface area contributed by atoms with Crippen LogP contribution in [0.25, 0.3) is 0 Å². The topological polar surface area (TPSA) is 65.4 Å². The van der Waals surface area contributed by atoms with Gasteiger partial charge in [-0.25, -0.2) is 13.2 Å². The highest BCUT2D eigenvalue weighted by Gasteiger charge is 2.39. The normalized spacial score (nSPS) is 23.8.